The highest BCUT2D eigenvalue weighted by Crippen LogP contribution is 2.40. The summed E-state index contributed by atoms with van der Waals surface area (Å²) in [5, 5.41) is 7.67. The van der Waals surface area contributed by atoms with Crippen LogP contribution in [0.1, 0.15) is 0 Å². The van der Waals surface area contributed by atoms with Crippen molar-refractivity contribution in [2.75, 3.05) is 0 Å². The number of hydrogen-bond donors (Lipinski definition) is 0. The Hall–Kier alpha value is -4.08. The van der Waals surface area contributed by atoms with Crippen LogP contribution in [0.5, 0.6) is 0 Å². The van der Waals surface area contributed by atoms with E-state index in [1.165, 1.54) is 37.9 Å². The van der Waals surface area contributed by atoms with Crippen LogP contribution in [0.15, 0.2) is 120 Å². The third-order valence-electron chi connectivity index (χ3n) is 6.69. The molecule has 7 rings (SSSR count). The summed E-state index contributed by atoms with van der Waals surface area (Å²) < 4.78 is 1.11. The molecule has 0 aliphatic carbocycles. The zero-order chi connectivity index (χ0) is 23.4. The molecule has 164 valence electrons. The van der Waals surface area contributed by atoms with E-state index in [0.29, 0.717) is 0 Å². The Bertz CT molecular complexity index is 1720. The van der Waals surface area contributed by atoms with Crippen molar-refractivity contribution in [1.82, 2.24) is 9.97 Å². The first-order valence-electron chi connectivity index (χ1n) is 11.6. The maximum absolute atomic E-state index is 4.62. The van der Waals surface area contributed by atoms with Crippen LogP contribution in [-0.4, -0.2) is 9.97 Å². The van der Waals surface area contributed by atoms with Gasteiger partial charge in [0.25, 0.3) is 0 Å². The third kappa shape index (κ3) is 3.48. The van der Waals surface area contributed by atoms with Gasteiger partial charge in [0.2, 0.25) is 0 Å². The van der Waals surface area contributed by atoms with E-state index in [4.69, 9.17) is 0 Å². The molecule has 0 radical (unpaired) electrons. The molecular formula is C32H19BrN2. The molecule has 2 nitrogen and oxygen atoms in total. The van der Waals surface area contributed by atoms with Gasteiger partial charge in [0.15, 0.2) is 0 Å². The van der Waals surface area contributed by atoms with Gasteiger partial charge < -0.3 is 0 Å². The summed E-state index contributed by atoms with van der Waals surface area (Å²) >= 11 is 3.66. The normalized spacial score (nSPS) is 11.6. The molecule has 0 saturated carbocycles. The quantitative estimate of drug-likeness (QED) is 0.221. The average Bonchev–Trinajstić information content (AvgIpc) is 2.92. The fourth-order valence-corrected chi connectivity index (χ4v) is 5.62. The van der Waals surface area contributed by atoms with E-state index in [0.717, 1.165) is 32.6 Å². The van der Waals surface area contributed by atoms with Crippen molar-refractivity contribution in [1.29, 1.82) is 0 Å². The minimum atomic E-state index is 0.953. The summed E-state index contributed by atoms with van der Waals surface area (Å²) in [6.45, 7) is 0. The lowest BCUT2D eigenvalue weighted by Crippen LogP contribution is -1.90. The number of pyridine rings is 2. The lowest BCUT2D eigenvalue weighted by molar-refractivity contribution is 1.31. The van der Waals surface area contributed by atoms with E-state index < -0.39 is 0 Å². The molecule has 0 atom stereocenters. The van der Waals surface area contributed by atoms with Crippen molar-refractivity contribution >= 4 is 48.2 Å². The number of aromatic nitrogens is 2. The molecule has 0 fully saturated rings. The van der Waals surface area contributed by atoms with Crippen molar-refractivity contribution in [3.05, 3.63) is 120 Å². The zero-order valence-corrected chi connectivity index (χ0v) is 20.3. The van der Waals surface area contributed by atoms with Gasteiger partial charge in [-0.15, -0.1) is 0 Å². The number of rotatable bonds is 3. The lowest BCUT2D eigenvalue weighted by atomic mass is 9.90. The Morgan fingerprint density at radius 1 is 0.429 bits per heavy atom. The zero-order valence-electron chi connectivity index (χ0n) is 18.7. The predicted octanol–water partition coefficient (Wildman–Crippen LogP) is 9.14. The van der Waals surface area contributed by atoms with E-state index in [1.54, 1.807) is 0 Å². The molecule has 5 aromatic carbocycles. The SMILES string of the molecule is Brc1cc2ccc3cc(-c4cc(-c5ccccn5)cc(-c5ccccn5)c4)cc4ccc(c1)c2c34. The molecule has 35 heavy (non-hydrogen) atoms. The van der Waals surface area contributed by atoms with Gasteiger partial charge >= 0.3 is 0 Å². The fourth-order valence-electron chi connectivity index (χ4n) is 5.12. The Kier molecular flexibility index (Phi) is 4.64. The average molecular weight is 511 g/mol. The van der Waals surface area contributed by atoms with Gasteiger partial charge in [-0.25, -0.2) is 0 Å². The molecule has 3 heteroatoms. The standard InChI is InChI=1S/C32H19BrN2/c33-28-18-22-9-7-20-13-24(14-21-8-10-23(19-28)32(22)31(20)21)25-15-26(29-5-1-3-11-34-29)17-27(16-25)30-6-2-4-12-35-30/h1-19H. The van der Waals surface area contributed by atoms with Crippen LogP contribution < -0.4 is 0 Å². The molecule has 0 N–H and O–H groups in total. The van der Waals surface area contributed by atoms with Crippen LogP contribution >= 0.6 is 15.9 Å². The molecule has 0 bridgehead atoms. The van der Waals surface area contributed by atoms with E-state index in [9.17, 15) is 0 Å². The monoisotopic (exact) mass is 510 g/mol. The topological polar surface area (TPSA) is 25.8 Å². The minimum Gasteiger partial charge on any atom is -0.256 e. The van der Waals surface area contributed by atoms with E-state index in [-0.39, 0.29) is 0 Å². The fraction of sp³-hybridized carbons (Fsp3) is 0. The lowest BCUT2D eigenvalue weighted by Gasteiger charge is -2.15. The van der Waals surface area contributed by atoms with Crippen LogP contribution in [0, 0.1) is 0 Å². The van der Waals surface area contributed by atoms with Crippen molar-refractivity contribution in [2.24, 2.45) is 0 Å². The molecule has 0 saturated heterocycles. The van der Waals surface area contributed by atoms with Gasteiger partial charge in [-0.3, -0.25) is 9.97 Å². The largest absolute Gasteiger partial charge is 0.256 e. The molecular weight excluding hydrogens is 492 g/mol. The smallest absolute Gasteiger partial charge is 0.0702 e. The highest BCUT2D eigenvalue weighted by Gasteiger charge is 2.13. The van der Waals surface area contributed by atoms with Crippen LogP contribution in [0.2, 0.25) is 0 Å². The van der Waals surface area contributed by atoms with Crippen LogP contribution in [0.3, 0.4) is 0 Å². The molecule has 7 aromatic rings. The summed E-state index contributed by atoms with van der Waals surface area (Å²) in [4.78, 5) is 9.23. The second-order valence-electron chi connectivity index (χ2n) is 8.88. The Labute approximate surface area is 211 Å². The van der Waals surface area contributed by atoms with E-state index >= 15 is 0 Å². The van der Waals surface area contributed by atoms with Gasteiger partial charge in [0.05, 0.1) is 11.4 Å². The second-order valence-corrected chi connectivity index (χ2v) is 9.80. The summed E-state index contributed by atoms with van der Waals surface area (Å²) in [6.07, 6.45) is 3.68. The minimum absolute atomic E-state index is 0.953. The van der Waals surface area contributed by atoms with Crippen LogP contribution in [0.25, 0.3) is 66.0 Å². The van der Waals surface area contributed by atoms with Crippen LogP contribution in [0.4, 0.5) is 0 Å². The summed E-state index contributed by atoms with van der Waals surface area (Å²) in [5.74, 6) is 0. The van der Waals surface area contributed by atoms with Gasteiger partial charge in [0, 0.05) is 28.0 Å². The second kappa shape index (κ2) is 8.00. The molecule has 0 spiro atoms. The van der Waals surface area contributed by atoms with Gasteiger partial charge in [-0.2, -0.15) is 0 Å². The van der Waals surface area contributed by atoms with E-state index in [2.05, 4.69) is 105 Å². The molecule has 2 aromatic heterocycles. The Balaban J connectivity index is 1.49. The number of halogens is 1. The first-order chi connectivity index (χ1) is 17.2. The van der Waals surface area contributed by atoms with Gasteiger partial charge in [-0.1, -0.05) is 52.3 Å². The van der Waals surface area contributed by atoms with E-state index in [1.807, 2.05) is 36.7 Å². The summed E-state index contributed by atoms with van der Waals surface area (Å²) in [7, 11) is 0. The maximum atomic E-state index is 4.62. The third-order valence-corrected chi connectivity index (χ3v) is 7.14. The number of nitrogens with zero attached hydrogens (tertiary/aromatic N) is 2. The highest BCUT2D eigenvalue weighted by atomic mass is 79.9. The van der Waals surface area contributed by atoms with Gasteiger partial charge in [0.1, 0.15) is 0 Å². The number of hydrogen-bond acceptors (Lipinski definition) is 2. The Morgan fingerprint density at radius 3 is 1.31 bits per heavy atom. The summed E-state index contributed by atoms with van der Waals surface area (Å²) in [5.41, 5.74) is 6.41. The van der Waals surface area contributed by atoms with Crippen molar-refractivity contribution < 1.29 is 0 Å². The van der Waals surface area contributed by atoms with Gasteiger partial charge in [-0.05, 0) is 110 Å². The number of benzene rings is 5. The van der Waals surface area contributed by atoms with Crippen molar-refractivity contribution in [2.45, 2.75) is 0 Å². The highest BCUT2D eigenvalue weighted by molar-refractivity contribution is 9.10. The first-order valence-corrected chi connectivity index (χ1v) is 12.4. The van der Waals surface area contributed by atoms with Crippen molar-refractivity contribution in [3.8, 4) is 33.6 Å². The first kappa shape index (κ1) is 20.3. The predicted molar refractivity (Wildman–Crippen MR) is 150 cm³/mol. The molecule has 0 aliphatic heterocycles. The Morgan fingerprint density at radius 2 is 0.857 bits per heavy atom. The maximum Gasteiger partial charge on any atom is 0.0702 e. The van der Waals surface area contributed by atoms with Crippen LogP contribution in [-0.2, 0) is 0 Å². The van der Waals surface area contributed by atoms with Crippen molar-refractivity contribution in [3.63, 3.8) is 0 Å². The molecule has 0 unspecified atom stereocenters. The molecule has 0 aliphatic rings. The summed E-state index contributed by atoms with van der Waals surface area (Å²) in [6, 6.07) is 36.7. The molecule has 0 amide bonds. The molecule has 2 heterocycles.